The van der Waals surface area contributed by atoms with Gasteiger partial charge < -0.3 is 71.7 Å². The number of aromatic nitrogens is 2. The molecule has 6 aromatic rings. The average molecular weight is 1250 g/mol. The highest BCUT2D eigenvalue weighted by atomic mass is 35.5. The number of benzene rings is 5. The number of halogens is 4. The van der Waals surface area contributed by atoms with Crippen LogP contribution in [0.5, 0.6) is 0 Å². The molecule has 5 aromatic carbocycles. The molecule has 7 saturated heterocycles. The third kappa shape index (κ3) is 25.4. The molecule has 0 unspecified atom stereocenters. The fraction of sp³-hybridized carbons (Fsp3) is 0.485. The summed E-state index contributed by atoms with van der Waals surface area (Å²) in [7, 11) is 2.15. The van der Waals surface area contributed by atoms with E-state index >= 15 is 0 Å². The number of para-hydroxylation sites is 2. The smallest absolute Gasteiger partial charge is 0.392 e. The standard InChI is InChI=1S/C13H17NO.C11H13F3N2.C11H16N2O.C10H13ClN2.C10H14N2.C8H12N4.C5H12N2/c1-10-2-4-11(5-3-10)13(15)12-6-8-14-9-7-12;12-11(13,14)9-2-1-3-10(8-9)16-6-4-15-5-7-16;14-9-10-3-1-2-4-11(10)13-7-5-12-6-8-13;11-9-2-1-3-10(8-9)13-6-4-12-5-7-13;1-2-4-10(5-3-1)12-8-6-11-7-9-12;1-2-10-8(11-3-1)12-6-4-9-5-7-12;1-7-4-2-6-3-5-7/h2-5,12,14H,6-9H2,1H3;1-3,8,15H,4-7H2;1-4,12,14H,5-9H2;1-3,8,12H,4-7H2;1-5,11H,6-9H2;1-3,9H,4-7H2;6H,2-5H2,1H3. The molecule has 8 N–H and O–H groups in total. The van der Waals surface area contributed by atoms with Gasteiger partial charge in [-0.05, 0) is 101 Å². The molecule has 89 heavy (non-hydrogen) atoms. The number of carbonyl (C=O) groups is 1. The second kappa shape index (κ2) is 39.6. The first-order valence-corrected chi connectivity index (χ1v) is 32.3. The summed E-state index contributed by atoms with van der Waals surface area (Å²) in [4.78, 5) is 34.0. The van der Waals surface area contributed by atoms with Crippen LogP contribution >= 0.6 is 11.6 Å². The van der Waals surface area contributed by atoms with E-state index in [4.69, 9.17) is 11.6 Å². The maximum atomic E-state index is 12.5. The summed E-state index contributed by atoms with van der Waals surface area (Å²) >= 11 is 5.92. The first kappa shape index (κ1) is 70.0. The van der Waals surface area contributed by atoms with Crippen LogP contribution in [0.3, 0.4) is 0 Å². The molecule has 0 amide bonds. The van der Waals surface area contributed by atoms with Crippen LogP contribution in [-0.2, 0) is 12.8 Å². The molecule has 0 aliphatic carbocycles. The molecule has 0 saturated carbocycles. The maximum absolute atomic E-state index is 12.5. The van der Waals surface area contributed by atoms with Gasteiger partial charge in [-0.1, -0.05) is 90.0 Å². The number of aliphatic hydroxyl groups is 1. The lowest BCUT2D eigenvalue weighted by molar-refractivity contribution is -0.137. The number of hydrogen-bond acceptors (Lipinski definition) is 17. The van der Waals surface area contributed by atoms with E-state index in [-0.39, 0.29) is 12.5 Å². The highest BCUT2D eigenvalue weighted by molar-refractivity contribution is 6.30. The van der Waals surface area contributed by atoms with Crippen molar-refractivity contribution in [2.75, 3.05) is 202 Å². The summed E-state index contributed by atoms with van der Waals surface area (Å²) in [5.74, 6) is 1.39. The predicted molar refractivity (Wildman–Crippen MR) is 361 cm³/mol. The van der Waals surface area contributed by atoms with E-state index in [0.717, 1.165) is 198 Å². The van der Waals surface area contributed by atoms with Crippen LogP contribution in [0, 0.1) is 12.8 Å². The Bertz CT molecular complexity index is 2790. The Kier molecular flexibility index (Phi) is 31.2. The highest BCUT2D eigenvalue weighted by Crippen LogP contribution is 2.32. The SMILES string of the molecule is CN1CCNCC1.Cc1ccc(C(=O)C2CCNCC2)cc1.Clc1cccc(N2CCNCC2)c1.FC(F)(F)c1cccc(N2CCNCC2)c1.OCc1ccccc1N1CCNCC1.c1ccc(N2CCNCC2)cc1.c1cnc(N2CCNCC2)nc1. The molecule has 7 fully saturated rings. The zero-order chi connectivity index (χ0) is 62.7. The quantitative estimate of drug-likeness (QED) is 0.0725. The molecular weight excluding hydrogens is 1150 g/mol. The van der Waals surface area contributed by atoms with Crippen molar-refractivity contribution in [2.24, 2.45) is 5.92 Å². The third-order valence-corrected chi connectivity index (χ3v) is 16.4. The largest absolute Gasteiger partial charge is 0.416 e. The van der Waals surface area contributed by atoms with Crippen molar-refractivity contribution in [3.63, 3.8) is 0 Å². The fourth-order valence-electron chi connectivity index (χ4n) is 11.0. The number of piperazine rings is 6. The third-order valence-electron chi connectivity index (χ3n) is 16.1. The minimum Gasteiger partial charge on any atom is -0.392 e. The fourth-order valence-corrected chi connectivity index (χ4v) is 11.1. The number of piperidine rings is 1. The summed E-state index contributed by atoms with van der Waals surface area (Å²) in [6.07, 6.45) is 1.26. The van der Waals surface area contributed by atoms with Gasteiger partial charge in [-0.2, -0.15) is 13.2 Å². The lowest BCUT2D eigenvalue weighted by atomic mass is 9.89. The second-order valence-corrected chi connectivity index (χ2v) is 23.1. The monoisotopic (exact) mass is 1250 g/mol. The van der Waals surface area contributed by atoms with Crippen LogP contribution in [-0.4, -0.2) is 203 Å². The van der Waals surface area contributed by atoms with Gasteiger partial charge in [0.05, 0.1) is 12.2 Å². The van der Waals surface area contributed by atoms with Gasteiger partial charge in [0.1, 0.15) is 0 Å². The number of hydrogen-bond donors (Lipinski definition) is 8. The summed E-state index contributed by atoms with van der Waals surface area (Å²) < 4.78 is 37.5. The molecule has 21 heteroatoms. The normalized spacial score (nSPS) is 18.2. The molecule has 0 bridgehead atoms. The lowest BCUT2D eigenvalue weighted by Crippen LogP contribution is -2.44. The van der Waals surface area contributed by atoms with Gasteiger partial charge in [-0.25, -0.2) is 9.97 Å². The summed E-state index contributed by atoms with van der Waals surface area (Å²) in [5.41, 5.74) is 6.92. The summed E-state index contributed by atoms with van der Waals surface area (Å²) in [6.45, 7) is 28.9. The van der Waals surface area contributed by atoms with Crippen molar-refractivity contribution >= 4 is 46.1 Å². The van der Waals surface area contributed by atoms with Gasteiger partial charge in [0.25, 0.3) is 0 Å². The number of nitrogens with one attached hydrogen (secondary N) is 7. The van der Waals surface area contributed by atoms with Crippen LogP contribution in [0.25, 0.3) is 0 Å². The molecule has 0 radical (unpaired) electrons. The zero-order valence-electron chi connectivity index (χ0n) is 52.4. The van der Waals surface area contributed by atoms with Crippen molar-refractivity contribution in [2.45, 2.75) is 32.5 Å². The van der Waals surface area contributed by atoms with Gasteiger partial charge in [0.2, 0.25) is 5.95 Å². The van der Waals surface area contributed by atoms with Crippen molar-refractivity contribution in [3.8, 4) is 0 Å². The molecule has 484 valence electrons. The first-order chi connectivity index (χ1) is 43.4. The van der Waals surface area contributed by atoms with E-state index in [1.165, 1.54) is 47.8 Å². The van der Waals surface area contributed by atoms with Gasteiger partial charge in [0, 0.05) is 214 Å². The van der Waals surface area contributed by atoms with Gasteiger partial charge in [-0.15, -0.1) is 0 Å². The number of Topliss-reactive ketones (excluding diaryl/α,β-unsaturated/α-hetero) is 1. The number of ketones is 1. The lowest BCUT2D eigenvalue weighted by Gasteiger charge is -2.30. The van der Waals surface area contributed by atoms with E-state index in [0.29, 0.717) is 11.5 Å². The Hall–Kier alpha value is -6.43. The Labute approximate surface area is 532 Å². The Balaban J connectivity index is 0.000000149. The Morgan fingerprint density at radius 3 is 1.40 bits per heavy atom. The number of rotatable bonds is 8. The molecule has 17 nitrogen and oxygen atoms in total. The van der Waals surface area contributed by atoms with Crippen LogP contribution < -0.4 is 61.7 Å². The summed E-state index contributed by atoms with van der Waals surface area (Å²) in [5, 5.41) is 33.0. The molecular formula is C68H97ClF3N15O2. The molecule has 7 aliphatic rings. The molecule has 0 spiro atoms. The first-order valence-electron chi connectivity index (χ1n) is 31.9. The highest BCUT2D eigenvalue weighted by Gasteiger charge is 2.31. The molecule has 13 rings (SSSR count). The van der Waals surface area contributed by atoms with Crippen LogP contribution in [0.4, 0.5) is 41.9 Å². The van der Waals surface area contributed by atoms with E-state index in [1.807, 2.05) is 78.6 Å². The zero-order valence-corrected chi connectivity index (χ0v) is 53.1. The Morgan fingerprint density at radius 2 is 0.921 bits per heavy atom. The van der Waals surface area contributed by atoms with E-state index in [9.17, 15) is 23.1 Å². The predicted octanol–water partition coefficient (Wildman–Crippen LogP) is 7.13. The van der Waals surface area contributed by atoms with E-state index in [2.05, 4.69) is 121 Å². The van der Waals surface area contributed by atoms with Crippen LogP contribution in [0.1, 0.15) is 39.9 Å². The van der Waals surface area contributed by atoms with E-state index < -0.39 is 11.7 Å². The molecule has 8 heterocycles. The van der Waals surface area contributed by atoms with Crippen molar-refractivity contribution in [1.82, 2.24) is 52.1 Å². The van der Waals surface area contributed by atoms with Crippen LogP contribution in [0.15, 0.2) is 146 Å². The number of nitrogens with zero attached hydrogens (tertiary/aromatic N) is 8. The second-order valence-electron chi connectivity index (χ2n) is 22.7. The van der Waals surface area contributed by atoms with Crippen LogP contribution in [0.2, 0.25) is 5.02 Å². The molecule has 1 aromatic heterocycles. The van der Waals surface area contributed by atoms with E-state index in [1.54, 1.807) is 18.5 Å². The van der Waals surface area contributed by atoms with Crippen molar-refractivity contribution in [1.29, 1.82) is 0 Å². The number of anilines is 5. The van der Waals surface area contributed by atoms with Crippen molar-refractivity contribution < 1.29 is 23.1 Å². The number of aliphatic hydroxyl groups excluding tert-OH is 1. The average Bonchev–Trinajstić information content (AvgIpc) is 3.78. The molecule has 0 atom stereocenters. The molecule has 7 aliphatic heterocycles. The maximum Gasteiger partial charge on any atom is 0.416 e. The Morgan fingerprint density at radius 1 is 0.494 bits per heavy atom. The van der Waals surface area contributed by atoms with Gasteiger partial charge in [-0.3, -0.25) is 4.79 Å². The number of carbonyl (C=O) groups excluding carboxylic acids is 1. The number of aryl methyl sites for hydroxylation is 1. The topological polar surface area (TPSA) is 167 Å². The minimum atomic E-state index is -4.26. The van der Waals surface area contributed by atoms with Gasteiger partial charge >= 0.3 is 6.18 Å². The number of alkyl halides is 3. The van der Waals surface area contributed by atoms with Gasteiger partial charge in [0.15, 0.2) is 5.78 Å². The summed E-state index contributed by atoms with van der Waals surface area (Å²) in [6, 6.07) is 41.9. The van der Waals surface area contributed by atoms with Crippen molar-refractivity contribution in [3.05, 3.63) is 173 Å². The minimum absolute atomic E-state index is 0.125. The number of likely N-dealkylation sites (N-methyl/N-ethyl adjacent to an activating group) is 1.